The predicted octanol–water partition coefficient (Wildman–Crippen LogP) is 0.717. The Morgan fingerprint density at radius 2 is 2.22 bits per heavy atom. The third-order valence-corrected chi connectivity index (χ3v) is 4.40. The van der Waals surface area contributed by atoms with Crippen molar-refractivity contribution >= 4 is 5.91 Å². The van der Waals surface area contributed by atoms with Crippen LogP contribution in [0.25, 0.3) is 0 Å². The fourth-order valence-corrected chi connectivity index (χ4v) is 2.85. The second kappa shape index (κ2) is 7.36. The van der Waals surface area contributed by atoms with Gasteiger partial charge in [0, 0.05) is 25.7 Å². The molecular weight excluding hydrogens is 296 g/mol. The summed E-state index contributed by atoms with van der Waals surface area (Å²) in [6.45, 7) is 6.72. The number of rotatable bonds is 6. The lowest BCUT2D eigenvalue weighted by molar-refractivity contribution is 0.0926. The zero-order chi connectivity index (χ0) is 16.1. The van der Waals surface area contributed by atoms with Gasteiger partial charge < -0.3 is 19.3 Å². The minimum absolute atomic E-state index is 0.163. The van der Waals surface area contributed by atoms with Crippen molar-refractivity contribution in [2.45, 2.75) is 26.3 Å². The monoisotopic (exact) mass is 318 g/mol. The highest BCUT2D eigenvalue weighted by Crippen LogP contribution is 2.16. The maximum absolute atomic E-state index is 11.8. The molecule has 1 N–H and O–H groups in total. The molecule has 0 unspecified atom stereocenters. The van der Waals surface area contributed by atoms with E-state index in [2.05, 4.69) is 34.7 Å². The van der Waals surface area contributed by atoms with E-state index in [9.17, 15) is 4.79 Å². The van der Waals surface area contributed by atoms with Gasteiger partial charge in [0.25, 0.3) is 5.91 Å². The van der Waals surface area contributed by atoms with Gasteiger partial charge >= 0.3 is 0 Å². The Morgan fingerprint density at radius 3 is 2.87 bits per heavy atom. The number of carbonyl (C=O) groups is 1. The summed E-state index contributed by atoms with van der Waals surface area (Å²) >= 11 is 0. The number of carbonyl (C=O) groups excluding carboxylic acids is 1. The first-order valence-electron chi connectivity index (χ1n) is 7.97. The Labute approximate surface area is 134 Å². The van der Waals surface area contributed by atoms with Crippen LogP contribution in [0.3, 0.4) is 0 Å². The summed E-state index contributed by atoms with van der Waals surface area (Å²) in [4.78, 5) is 14.3. The normalized spacial score (nSPS) is 16.6. The highest BCUT2D eigenvalue weighted by molar-refractivity contribution is 5.91. The molecule has 1 aliphatic heterocycles. The summed E-state index contributed by atoms with van der Waals surface area (Å²) in [5.41, 5.74) is 0.340. The third-order valence-electron chi connectivity index (χ3n) is 4.40. The topological polar surface area (TPSA) is 89.1 Å². The molecule has 8 nitrogen and oxygen atoms in total. The third kappa shape index (κ3) is 4.16. The standard InChI is InChI=1S/C15H22N6O2/c1-12-18-17-11-21(12)8-7-20-5-2-13(3-6-20)10-16-15(22)14-4-9-23-19-14/h4,9,11,13H,2-3,5-8,10H2,1H3,(H,16,22). The van der Waals surface area contributed by atoms with E-state index in [-0.39, 0.29) is 5.91 Å². The van der Waals surface area contributed by atoms with E-state index in [4.69, 9.17) is 0 Å². The highest BCUT2D eigenvalue weighted by atomic mass is 16.5. The number of aryl methyl sites for hydroxylation is 1. The van der Waals surface area contributed by atoms with Crippen molar-refractivity contribution in [3.05, 3.63) is 30.2 Å². The minimum Gasteiger partial charge on any atom is -0.364 e. The molecule has 8 heteroatoms. The van der Waals surface area contributed by atoms with Gasteiger partial charge in [0.2, 0.25) is 0 Å². The van der Waals surface area contributed by atoms with Crippen molar-refractivity contribution in [3.8, 4) is 0 Å². The largest absolute Gasteiger partial charge is 0.364 e. The lowest BCUT2D eigenvalue weighted by Gasteiger charge is -2.32. The molecule has 0 aliphatic carbocycles. The van der Waals surface area contributed by atoms with Crippen LogP contribution in [0.4, 0.5) is 0 Å². The van der Waals surface area contributed by atoms with Crippen LogP contribution >= 0.6 is 0 Å². The maximum atomic E-state index is 11.8. The average molecular weight is 318 g/mol. The molecule has 0 radical (unpaired) electrons. The summed E-state index contributed by atoms with van der Waals surface area (Å²) in [5.74, 6) is 1.32. The maximum Gasteiger partial charge on any atom is 0.273 e. The first kappa shape index (κ1) is 15.7. The van der Waals surface area contributed by atoms with E-state index in [1.54, 1.807) is 12.4 Å². The molecular formula is C15H22N6O2. The van der Waals surface area contributed by atoms with Crippen molar-refractivity contribution in [1.29, 1.82) is 0 Å². The number of aromatic nitrogens is 4. The van der Waals surface area contributed by atoms with Crippen LogP contribution < -0.4 is 5.32 Å². The van der Waals surface area contributed by atoms with Gasteiger partial charge in [-0.25, -0.2) is 0 Å². The van der Waals surface area contributed by atoms with Gasteiger partial charge in [-0.1, -0.05) is 5.16 Å². The molecule has 2 aromatic rings. The van der Waals surface area contributed by atoms with Gasteiger partial charge in [0.05, 0.1) is 0 Å². The summed E-state index contributed by atoms with van der Waals surface area (Å²) in [5, 5.41) is 14.5. The van der Waals surface area contributed by atoms with Gasteiger partial charge in [-0.2, -0.15) is 0 Å². The number of hydrogen-bond acceptors (Lipinski definition) is 6. The van der Waals surface area contributed by atoms with Crippen molar-refractivity contribution in [1.82, 2.24) is 30.1 Å². The molecule has 1 saturated heterocycles. The molecule has 1 fully saturated rings. The van der Waals surface area contributed by atoms with Gasteiger partial charge in [-0.3, -0.25) is 4.79 Å². The molecule has 0 atom stereocenters. The first-order valence-corrected chi connectivity index (χ1v) is 7.97. The van der Waals surface area contributed by atoms with E-state index in [0.717, 1.165) is 44.8 Å². The Morgan fingerprint density at radius 1 is 1.39 bits per heavy atom. The number of nitrogens with one attached hydrogen (secondary N) is 1. The zero-order valence-electron chi connectivity index (χ0n) is 13.3. The van der Waals surface area contributed by atoms with Gasteiger partial charge in [0.1, 0.15) is 18.4 Å². The van der Waals surface area contributed by atoms with Crippen LogP contribution in [0.15, 0.2) is 23.2 Å². The summed E-state index contributed by atoms with van der Waals surface area (Å²) in [7, 11) is 0. The number of nitrogens with zero attached hydrogens (tertiary/aromatic N) is 5. The molecule has 2 aromatic heterocycles. The second-order valence-corrected chi connectivity index (χ2v) is 5.95. The predicted molar refractivity (Wildman–Crippen MR) is 82.8 cm³/mol. The molecule has 1 amide bonds. The van der Waals surface area contributed by atoms with Gasteiger partial charge in [-0.15, -0.1) is 10.2 Å². The summed E-state index contributed by atoms with van der Waals surface area (Å²) in [6, 6.07) is 1.57. The molecule has 0 bridgehead atoms. The number of hydrogen-bond donors (Lipinski definition) is 1. The molecule has 3 rings (SSSR count). The summed E-state index contributed by atoms with van der Waals surface area (Å²) < 4.78 is 6.75. The smallest absolute Gasteiger partial charge is 0.273 e. The SMILES string of the molecule is Cc1nncn1CCN1CCC(CNC(=O)c2ccon2)CC1. The van der Waals surface area contributed by atoms with Crippen molar-refractivity contribution in [2.75, 3.05) is 26.2 Å². The fourth-order valence-electron chi connectivity index (χ4n) is 2.85. The van der Waals surface area contributed by atoms with Gasteiger partial charge in [0.15, 0.2) is 5.69 Å². The van der Waals surface area contributed by atoms with E-state index in [1.165, 1.54) is 6.26 Å². The molecule has 124 valence electrons. The fraction of sp³-hybridized carbons (Fsp3) is 0.600. The quantitative estimate of drug-likeness (QED) is 0.844. The molecule has 0 saturated carbocycles. The van der Waals surface area contributed by atoms with Crippen molar-refractivity contribution < 1.29 is 9.32 Å². The number of likely N-dealkylation sites (tertiary alicyclic amines) is 1. The van der Waals surface area contributed by atoms with Crippen LogP contribution in [0.2, 0.25) is 0 Å². The van der Waals surface area contributed by atoms with E-state index < -0.39 is 0 Å². The molecule has 0 spiro atoms. The first-order chi connectivity index (χ1) is 11.2. The lowest BCUT2D eigenvalue weighted by atomic mass is 9.97. The number of amides is 1. The molecule has 1 aliphatic rings. The van der Waals surface area contributed by atoms with E-state index in [1.807, 2.05) is 6.92 Å². The van der Waals surface area contributed by atoms with Crippen molar-refractivity contribution in [3.63, 3.8) is 0 Å². The average Bonchev–Trinajstić information content (AvgIpc) is 3.23. The minimum atomic E-state index is -0.163. The van der Waals surface area contributed by atoms with Crippen LogP contribution in [-0.4, -0.2) is 56.9 Å². The highest BCUT2D eigenvalue weighted by Gasteiger charge is 2.20. The molecule has 3 heterocycles. The van der Waals surface area contributed by atoms with Crippen LogP contribution in [0.5, 0.6) is 0 Å². The Hall–Kier alpha value is -2.22. The van der Waals surface area contributed by atoms with Gasteiger partial charge in [-0.05, 0) is 38.8 Å². The van der Waals surface area contributed by atoms with E-state index in [0.29, 0.717) is 18.2 Å². The van der Waals surface area contributed by atoms with E-state index >= 15 is 0 Å². The second-order valence-electron chi connectivity index (χ2n) is 5.95. The Kier molecular flexibility index (Phi) is 5.02. The number of piperidine rings is 1. The van der Waals surface area contributed by atoms with Crippen LogP contribution in [0, 0.1) is 12.8 Å². The van der Waals surface area contributed by atoms with Crippen LogP contribution in [-0.2, 0) is 6.54 Å². The van der Waals surface area contributed by atoms with Crippen molar-refractivity contribution in [2.24, 2.45) is 5.92 Å². The summed E-state index contributed by atoms with van der Waals surface area (Å²) in [6.07, 6.45) is 5.38. The Bertz CT molecular complexity index is 616. The molecule has 0 aromatic carbocycles. The Balaban J connectivity index is 1.35. The van der Waals surface area contributed by atoms with Crippen LogP contribution in [0.1, 0.15) is 29.2 Å². The molecule has 23 heavy (non-hydrogen) atoms. The lowest BCUT2D eigenvalue weighted by Crippen LogP contribution is -2.39. The zero-order valence-corrected chi connectivity index (χ0v) is 13.3.